The number of allylic oxidation sites excluding steroid dienone is 2. The van der Waals surface area contributed by atoms with Gasteiger partial charge in [0.2, 0.25) is 0 Å². The molecular weight excluding hydrogens is 190 g/mol. The molecule has 0 aliphatic carbocycles. The van der Waals surface area contributed by atoms with E-state index in [1.165, 1.54) is 0 Å². The molecular formula is C12H15NO2. The third-order valence-electron chi connectivity index (χ3n) is 2.12. The molecule has 3 heteroatoms. The first kappa shape index (κ1) is 11.3. The van der Waals surface area contributed by atoms with Gasteiger partial charge in [0.05, 0.1) is 7.11 Å². The van der Waals surface area contributed by atoms with Crippen LogP contribution in [-0.2, 0) is 0 Å². The van der Waals surface area contributed by atoms with Crippen molar-refractivity contribution in [1.82, 2.24) is 5.32 Å². The quantitative estimate of drug-likeness (QED) is 0.603. The van der Waals surface area contributed by atoms with Gasteiger partial charge in [-0.1, -0.05) is 0 Å². The molecule has 15 heavy (non-hydrogen) atoms. The van der Waals surface area contributed by atoms with E-state index in [9.17, 15) is 4.79 Å². The van der Waals surface area contributed by atoms with E-state index in [1.807, 2.05) is 6.92 Å². The molecule has 80 valence electrons. The Bertz CT molecular complexity index is 366. The number of nitrogens with one attached hydrogen (secondary N) is 1. The first-order valence-electron chi connectivity index (χ1n) is 4.72. The van der Waals surface area contributed by atoms with Gasteiger partial charge in [-0.25, -0.2) is 0 Å². The Hall–Kier alpha value is -1.77. The van der Waals surface area contributed by atoms with Gasteiger partial charge in [-0.3, -0.25) is 4.79 Å². The molecule has 1 N–H and O–H groups in total. The molecule has 0 radical (unpaired) electrons. The van der Waals surface area contributed by atoms with E-state index in [-0.39, 0.29) is 5.78 Å². The third-order valence-corrected chi connectivity index (χ3v) is 2.12. The van der Waals surface area contributed by atoms with Crippen molar-refractivity contribution >= 4 is 5.78 Å². The van der Waals surface area contributed by atoms with E-state index in [1.54, 1.807) is 44.5 Å². The molecule has 0 aliphatic rings. The maximum Gasteiger partial charge on any atom is 0.187 e. The van der Waals surface area contributed by atoms with Crippen LogP contribution in [0, 0.1) is 0 Å². The summed E-state index contributed by atoms with van der Waals surface area (Å²) in [5, 5.41) is 2.90. The van der Waals surface area contributed by atoms with Crippen molar-refractivity contribution < 1.29 is 9.53 Å². The molecule has 0 aromatic heterocycles. The zero-order valence-corrected chi connectivity index (χ0v) is 9.20. The first-order valence-corrected chi connectivity index (χ1v) is 4.72. The highest BCUT2D eigenvalue weighted by molar-refractivity contribution is 6.04. The lowest BCUT2D eigenvalue weighted by molar-refractivity contribution is 0.104. The third kappa shape index (κ3) is 3.13. The second-order valence-electron chi connectivity index (χ2n) is 3.17. The Morgan fingerprint density at radius 3 is 2.40 bits per heavy atom. The molecule has 1 aromatic carbocycles. The number of ether oxygens (including phenoxy) is 1. The summed E-state index contributed by atoms with van der Waals surface area (Å²) in [7, 11) is 3.38. The smallest absolute Gasteiger partial charge is 0.187 e. The SMILES string of the molecule is CN/C(C)=C\C(=O)c1ccc(OC)cc1. The predicted octanol–water partition coefficient (Wildman–Crippen LogP) is 2.00. The summed E-state index contributed by atoms with van der Waals surface area (Å²) in [5.41, 5.74) is 1.50. The van der Waals surface area contributed by atoms with Gasteiger partial charge in [0.15, 0.2) is 5.78 Å². The molecule has 0 atom stereocenters. The Balaban J connectivity index is 2.83. The molecule has 3 nitrogen and oxygen atoms in total. The summed E-state index contributed by atoms with van der Waals surface area (Å²) < 4.78 is 5.01. The second-order valence-corrected chi connectivity index (χ2v) is 3.17. The van der Waals surface area contributed by atoms with Gasteiger partial charge in [-0.15, -0.1) is 0 Å². The fourth-order valence-electron chi connectivity index (χ4n) is 1.11. The first-order chi connectivity index (χ1) is 7.17. The highest BCUT2D eigenvalue weighted by Gasteiger charge is 2.02. The zero-order chi connectivity index (χ0) is 11.3. The molecule has 1 rings (SSSR count). The molecule has 0 amide bonds. The van der Waals surface area contributed by atoms with Crippen LogP contribution in [0.5, 0.6) is 5.75 Å². The molecule has 1 aromatic rings. The lowest BCUT2D eigenvalue weighted by atomic mass is 10.1. The maximum absolute atomic E-state index is 11.7. The minimum absolute atomic E-state index is 0.00972. The fourth-order valence-corrected chi connectivity index (χ4v) is 1.11. The molecule has 0 fully saturated rings. The van der Waals surface area contributed by atoms with E-state index in [0.717, 1.165) is 11.4 Å². The van der Waals surface area contributed by atoms with Crippen LogP contribution in [0.2, 0.25) is 0 Å². The summed E-state index contributed by atoms with van der Waals surface area (Å²) in [6.45, 7) is 1.85. The number of hydrogen-bond donors (Lipinski definition) is 1. The van der Waals surface area contributed by atoms with Crippen LogP contribution in [0.1, 0.15) is 17.3 Å². The lowest BCUT2D eigenvalue weighted by Crippen LogP contribution is -2.05. The number of hydrogen-bond acceptors (Lipinski definition) is 3. The number of carbonyl (C=O) groups excluding carboxylic acids is 1. The molecule has 0 saturated carbocycles. The van der Waals surface area contributed by atoms with Crippen LogP contribution in [-0.4, -0.2) is 19.9 Å². The molecule has 0 saturated heterocycles. The maximum atomic E-state index is 11.7. The molecule has 0 bridgehead atoms. The van der Waals surface area contributed by atoms with Crippen LogP contribution in [0.4, 0.5) is 0 Å². The van der Waals surface area contributed by atoms with Crippen LogP contribution in [0.25, 0.3) is 0 Å². The lowest BCUT2D eigenvalue weighted by Gasteiger charge is -2.01. The minimum Gasteiger partial charge on any atom is -0.497 e. The standard InChI is InChI=1S/C12H15NO2/c1-9(13-2)8-12(14)10-4-6-11(15-3)7-5-10/h4-8,13H,1-3H3/b9-8-. The Labute approximate surface area is 89.8 Å². The van der Waals surface area contributed by atoms with Gasteiger partial charge < -0.3 is 10.1 Å². The van der Waals surface area contributed by atoms with Crippen molar-refractivity contribution in [1.29, 1.82) is 0 Å². The number of benzene rings is 1. The van der Waals surface area contributed by atoms with Crippen molar-refractivity contribution in [2.75, 3.05) is 14.2 Å². The van der Waals surface area contributed by atoms with E-state index < -0.39 is 0 Å². The summed E-state index contributed by atoms with van der Waals surface area (Å²) in [6, 6.07) is 7.05. The van der Waals surface area contributed by atoms with E-state index >= 15 is 0 Å². The molecule has 0 heterocycles. The van der Waals surface area contributed by atoms with Crippen molar-refractivity contribution in [3.05, 3.63) is 41.6 Å². The van der Waals surface area contributed by atoms with E-state index in [0.29, 0.717) is 5.56 Å². The van der Waals surface area contributed by atoms with Gasteiger partial charge >= 0.3 is 0 Å². The molecule has 0 aliphatic heterocycles. The monoisotopic (exact) mass is 205 g/mol. The summed E-state index contributed by atoms with van der Waals surface area (Å²) >= 11 is 0. The van der Waals surface area contributed by atoms with Crippen LogP contribution in [0.15, 0.2) is 36.0 Å². The molecule has 0 unspecified atom stereocenters. The minimum atomic E-state index is -0.00972. The van der Waals surface area contributed by atoms with Gasteiger partial charge in [-0.2, -0.15) is 0 Å². The van der Waals surface area contributed by atoms with Gasteiger partial charge in [0.1, 0.15) is 5.75 Å². The topological polar surface area (TPSA) is 38.3 Å². The van der Waals surface area contributed by atoms with E-state index in [2.05, 4.69) is 5.32 Å². The Morgan fingerprint density at radius 2 is 1.93 bits per heavy atom. The van der Waals surface area contributed by atoms with Gasteiger partial charge in [-0.05, 0) is 31.2 Å². The summed E-state index contributed by atoms with van der Waals surface area (Å²) in [4.78, 5) is 11.7. The predicted molar refractivity (Wildman–Crippen MR) is 60.1 cm³/mol. The van der Waals surface area contributed by atoms with Crippen molar-refractivity contribution in [3.8, 4) is 5.75 Å². The van der Waals surface area contributed by atoms with Gasteiger partial charge in [0.25, 0.3) is 0 Å². The van der Waals surface area contributed by atoms with E-state index in [4.69, 9.17) is 4.74 Å². The van der Waals surface area contributed by atoms with Crippen LogP contribution < -0.4 is 10.1 Å². The number of methoxy groups -OCH3 is 1. The fraction of sp³-hybridized carbons (Fsp3) is 0.250. The average molecular weight is 205 g/mol. The van der Waals surface area contributed by atoms with Crippen molar-refractivity contribution in [2.24, 2.45) is 0 Å². The van der Waals surface area contributed by atoms with Crippen LogP contribution >= 0.6 is 0 Å². The second kappa shape index (κ2) is 5.20. The largest absolute Gasteiger partial charge is 0.497 e. The van der Waals surface area contributed by atoms with Crippen molar-refractivity contribution in [3.63, 3.8) is 0 Å². The summed E-state index contributed by atoms with van der Waals surface area (Å²) in [5.74, 6) is 0.741. The zero-order valence-electron chi connectivity index (χ0n) is 9.20. The molecule has 0 spiro atoms. The highest BCUT2D eigenvalue weighted by atomic mass is 16.5. The summed E-state index contributed by atoms with van der Waals surface area (Å²) in [6.07, 6.45) is 1.57. The van der Waals surface area contributed by atoms with Crippen LogP contribution in [0.3, 0.4) is 0 Å². The van der Waals surface area contributed by atoms with Crippen molar-refractivity contribution in [2.45, 2.75) is 6.92 Å². The number of carbonyl (C=O) groups is 1. The average Bonchev–Trinajstić information content (AvgIpc) is 2.29. The van der Waals surface area contributed by atoms with Gasteiger partial charge in [0, 0.05) is 24.4 Å². The highest BCUT2D eigenvalue weighted by Crippen LogP contribution is 2.12. The number of ketones is 1. The Kier molecular flexibility index (Phi) is 3.92. The number of rotatable bonds is 4. The normalized spacial score (nSPS) is 11.0. The Morgan fingerprint density at radius 1 is 1.33 bits per heavy atom.